The normalized spacial score (nSPS) is 18.3. The van der Waals surface area contributed by atoms with E-state index in [-0.39, 0.29) is 0 Å². The lowest BCUT2D eigenvalue weighted by Gasteiger charge is -2.09. The summed E-state index contributed by atoms with van der Waals surface area (Å²) in [4.78, 5) is 0. The van der Waals surface area contributed by atoms with E-state index in [0.717, 1.165) is 5.57 Å². The molecule has 0 unspecified atom stereocenters. The van der Waals surface area contributed by atoms with Gasteiger partial charge in [0.15, 0.2) is 0 Å². The topological polar surface area (TPSA) is 0 Å². The fourth-order valence-corrected chi connectivity index (χ4v) is 1.63. The first-order valence-corrected chi connectivity index (χ1v) is 4.88. The van der Waals surface area contributed by atoms with E-state index in [1.54, 1.807) is 0 Å². The largest absolute Gasteiger partial charge is 0.0955 e. The summed E-state index contributed by atoms with van der Waals surface area (Å²) in [5.74, 6) is 0. The zero-order chi connectivity index (χ0) is 9.47. The first-order chi connectivity index (χ1) is 6.12. The van der Waals surface area contributed by atoms with Crippen molar-refractivity contribution in [1.29, 1.82) is 0 Å². The van der Waals surface area contributed by atoms with Gasteiger partial charge in [0.05, 0.1) is 0 Å². The van der Waals surface area contributed by atoms with Gasteiger partial charge in [0.25, 0.3) is 0 Å². The van der Waals surface area contributed by atoms with Gasteiger partial charge in [-0.2, -0.15) is 0 Å². The third-order valence-corrected chi connectivity index (χ3v) is 3.07. The van der Waals surface area contributed by atoms with Crippen molar-refractivity contribution in [2.45, 2.75) is 32.1 Å². The Morgan fingerprint density at radius 3 is 2.15 bits per heavy atom. The molecule has 0 bridgehead atoms. The van der Waals surface area contributed by atoms with Crippen molar-refractivity contribution in [3.8, 4) is 0 Å². The van der Waals surface area contributed by atoms with E-state index >= 15 is 0 Å². The van der Waals surface area contributed by atoms with Crippen LogP contribution in [0.2, 0.25) is 0 Å². The average Bonchev–Trinajstić information content (AvgIpc) is 2.85. The highest BCUT2D eigenvalue weighted by atomic mass is 14.4. The van der Waals surface area contributed by atoms with Crippen LogP contribution in [-0.4, -0.2) is 0 Å². The molecule has 68 valence electrons. The number of benzene rings is 1. The molecule has 1 aliphatic rings. The molecule has 0 saturated heterocycles. The Balaban J connectivity index is 2.28. The molecule has 0 N–H and O–H groups in total. The highest BCUT2D eigenvalue weighted by Gasteiger charge is 2.38. The predicted molar refractivity (Wildman–Crippen MR) is 57.7 cm³/mol. The summed E-state index contributed by atoms with van der Waals surface area (Å²) in [6.07, 6.45) is 2.69. The van der Waals surface area contributed by atoms with Crippen LogP contribution in [0.3, 0.4) is 0 Å². The summed E-state index contributed by atoms with van der Waals surface area (Å²) >= 11 is 0. The van der Waals surface area contributed by atoms with Crippen LogP contribution in [0.15, 0.2) is 30.8 Å². The van der Waals surface area contributed by atoms with E-state index < -0.39 is 0 Å². The van der Waals surface area contributed by atoms with Crippen molar-refractivity contribution in [2.75, 3.05) is 0 Å². The van der Waals surface area contributed by atoms with E-state index in [0.29, 0.717) is 5.41 Å². The highest BCUT2D eigenvalue weighted by Crippen LogP contribution is 2.47. The first kappa shape index (κ1) is 8.55. The summed E-state index contributed by atoms with van der Waals surface area (Å²) in [6, 6.07) is 8.86. The molecule has 0 radical (unpaired) electrons. The highest BCUT2D eigenvalue weighted by molar-refractivity contribution is 5.61. The van der Waals surface area contributed by atoms with Gasteiger partial charge in [-0.05, 0) is 36.3 Å². The molecule has 0 aromatic heterocycles. The quantitative estimate of drug-likeness (QED) is 0.637. The Hall–Kier alpha value is -1.04. The predicted octanol–water partition coefficient (Wildman–Crippen LogP) is 3.77. The van der Waals surface area contributed by atoms with Gasteiger partial charge < -0.3 is 0 Å². The lowest BCUT2D eigenvalue weighted by molar-refractivity contribution is 0.788. The minimum absolute atomic E-state index is 0.494. The molecule has 0 aliphatic heterocycles. The van der Waals surface area contributed by atoms with Gasteiger partial charge in [0.1, 0.15) is 0 Å². The molecule has 1 aromatic rings. The van der Waals surface area contributed by atoms with E-state index in [1.807, 2.05) is 6.92 Å². The molecule has 0 heterocycles. The monoisotopic (exact) mass is 172 g/mol. The molecule has 0 atom stereocenters. The fourth-order valence-electron chi connectivity index (χ4n) is 1.63. The lowest BCUT2D eigenvalue weighted by Crippen LogP contribution is -1.98. The molecule has 1 saturated carbocycles. The van der Waals surface area contributed by atoms with Gasteiger partial charge in [-0.1, -0.05) is 43.3 Å². The summed E-state index contributed by atoms with van der Waals surface area (Å²) < 4.78 is 0. The standard InChI is InChI=1S/C13H16/c1-10(2)11-4-6-12(7-5-11)13(3)8-9-13/h4-7H,1,8-9H2,2-3H3. The van der Waals surface area contributed by atoms with Gasteiger partial charge in [-0.25, -0.2) is 0 Å². The minimum Gasteiger partial charge on any atom is -0.0955 e. The van der Waals surface area contributed by atoms with Crippen molar-refractivity contribution in [3.63, 3.8) is 0 Å². The summed E-state index contributed by atoms with van der Waals surface area (Å²) in [5.41, 5.74) is 4.38. The lowest BCUT2D eigenvalue weighted by atomic mass is 9.96. The van der Waals surface area contributed by atoms with Gasteiger partial charge >= 0.3 is 0 Å². The molecule has 0 amide bonds. The summed E-state index contributed by atoms with van der Waals surface area (Å²) in [6.45, 7) is 8.32. The number of hydrogen-bond donors (Lipinski definition) is 0. The Kier molecular flexibility index (Phi) is 1.80. The minimum atomic E-state index is 0.494. The SMILES string of the molecule is C=C(C)c1ccc(C2(C)CC2)cc1. The van der Waals surface area contributed by atoms with Crippen LogP contribution in [0.4, 0.5) is 0 Å². The second-order valence-corrected chi connectivity index (χ2v) is 4.42. The van der Waals surface area contributed by atoms with Crippen LogP contribution in [0.25, 0.3) is 5.57 Å². The van der Waals surface area contributed by atoms with E-state index in [2.05, 4.69) is 37.8 Å². The van der Waals surface area contributed by atoms with Gasteiger partial charge in [0, 0.05) is 0 Å². The molecule has 0 heteroatoms. The smallest absolute Gasteiger partial charge is 0.00746 e. The van der Waals surface area contributed by atoms with Crippen molar-refractivity contribution in [3.05, 3.63) is 42.0 Å². The molecule has 13 heavy (non-hydrogen) atoms. The maximum Gasteiger partial charge on any atom is -0.00746 e. The summed E-state index contributed by atoms with van der Waals surface area (Å²) in [5, 5.41) is 0. The van der Waals surface area contributed by atoms with Crippen LogP contribution in [0.1, 0.15) is 37.8 Å². The van der Waals surface area contributed by atoms with E-state index in [4.69, 9.17) is 0 Å². The average molecular weight is 172 g/mol. The van der Waals surface area contributed by atoms with Crippen molar-refractivity contribution in [2.24, 2.45) is 0 Å². The molecule has 2 rings (SSSR count). The molecule has 1 aliphatic carbocycles. The molecule has 1 aromatic carbocycles. The third-order valence-electron chi connectivity index (χ3n) is 3.07. The van der Waals surface area contributed by atoms with E-state index in [1.165, 1.54) is 24.0 Å². The van der Waals surface area contributed by atoms with Crippen LogP contribution in [-0.2, 0) is 5.41 Å². The van der Waals surface area contributed by atoms with Gasteiger partial charge in [0.2, 0.25) is 0 Å². The fraction of sp³-hybridized carbons (Fsp3) is 0.385. The van der Waals surface area contributed by atoms with Crippen LogP contribution in [0.5, 0.6) is 0 Å². The number of rotatable bonds is 2. The molecule has 0 spiro atoms. The second-order valence-electron chi connectivity index (χ2n) is 4.42. The zero-order valence-corrected chi connectivity index (χ0v) is 8.43. The third kappa shape index (κ3) is 1.53. The zero-order valence-electron chi connectivity index (χ0n) is 8.43. The molecule has 0 nitrogen and oxygen atoms in total. The second kappa shape index (κ2) is 2.73. The summed E-state index contributed by atoms with van der Waals surface area (Å²) in [7, 11) is 0. The molecular formula is C13H16. The van der Waals surface area contributed by atoms with Crippen molar-refractivity contribution >= 4 is 5.57 Å². The molecular weight excluding hydrogens is 156 g/mol. The number of allylic oxidation sites excluding steroid dienone is 1. The van der Waals surface area contributed by atoms with Gasteiger partial charge in [-0.3, -0.25) is 0 Å². The van der Waals surface area contributed by atoms with Crippen molar-refractivity contribution in [1.82, 2.24) is 0 Å². The maximum atomic E-state index is 3.93. The van der Waals surface area contributed by atoms with Crippen LogP contribution < -0.4 is 0 Å². The van der Waals surface area contributed by atoms with E-state index in [9.17, 15) is 0 Å². The Morgan fingerprint density at radius 1 is 1.23 bits per heavy atom. The van der Waals surface area contributed by atoms with Crippen molar-refractivity contribution < 1.29 is 0 Å². The Morgan fingerprint density at radius 2 is 1.77 bits per heavy atom. The first-order valence-electron chi connectivity index (χ1n) is 4.88. The van der Waals surface area contributed by atoms with Crippen LogP contribution >= 0.6 is 0 Å². The Labute approximate surface area is 80.3 Å². The van der Waals surface area contributed by atoms with Crippen LogP contribution in [0, 0.1) is 0 Å². The van der Waals surface area contributed by atoms with Gasteiger partial charge in [-0.15, -0.1) is 0 Å². The number of hydrogen-bond acceptors (Lipinski definition) is 0. The molecule has 1 fully saturated rings. The Bertz CT molecular complexity index is 326. The maximum absolute atomic E-state index is 3.93.